The Hall–Kier alpha value is -3.75. The van der Waals surface area contributed by atoms with E-state index in [2.05, 4.69) is 10.6 Å². The molecule has 32 heavy (non-hydrogen) atoms. The number of para-hydroxylation sites is 1. The number of nitrogens with zero attached hydrogens (tertiary/aromatic N) is 1. The molecule has 0 spiro atoms. The Labute approximate surface area is 185 Å². The zero-order valence-corrected chi connectivity index (χ0v) is 17.7. The first kappa shape index (κ1) is 21.5. The van der Waals surface area contributed by atoms with Crippen LogP contribution in [0.5, 0.6) is 11.5 Å². The third-order valence-corrected chi connectivity index (χ3v) is 5.44. The predicted molar refractivity (Wildman–Crippen MR) is 117 cm³/mol. The first-order valence-corrected chi connectivity index (χ1v) is 10.5. The lowest BCUT2D eigenvalue weighted by atomic mass is 9.97. The molecule has 1 fully saturated rings. The van der Waals surface area contributed by atoms with Crippen LogP contribution in [0.25, 0.3) is 0 Å². The number of carbonyl (C=O) groups excluding carboxylic acids is 3. The summed E-state index contributed by atoms with van der Waals surface area (Å²) in [5.74, 6) is -0.0447. The third kappa shape index (κ3) is 5.11. The monoisotopic (exact) mass is 439 g/mol. The van der Waals surface area contributed by atoms with Gasteiger partial charge in [-0.25, -0.2) is 4.79 Å². The second-order valence-corrected chi connectivity index (χ2v) is 7.69. The zero-order valence-electron chi connectivity index (χ0n) is 17.7. The van der Waals surface area contributed by atoms with Crippen molar-refractivity contribution in [1.29, 1.82) is 0 Å². The number of nitrogens with one attached hydrogen (secondary N) is 2. The van der Waals surface area contributed by atoms with Crippen LogP contribution in [0.3, 0.4) is 0 Å². The van der Waals surface area contributed by atoms with Gasteiger partial charge in [0, 0.05) is 30.5 Å². The maximum absolute atomic E-state index is 12.5. The lowest BCUT2D eigenvalue weighted by Crippen LogP contribution is -2.43. The van der Waals surface area contributed by atoms with Crippen LogP contribution in [0.1, 0.15) is 19.8 Å². The number of ether oxygens (including phenoxy) is 3. The van der Waals surface area contributed by atoms with E-state index in [0.717, 1.165) is 5.69 Å². The third-order valence-electron chi connectivity index (χ3n) is 5.44. The van der Waals surface area contributed by atoms with Gasteiger partial charge >= 0.3 is 12.0 Å². The number of likely N-dealkylation sites (tertiary alicyclic amines) is 1. The number of esters is 1. The van der Waals surface area contributed by atoms with Crippen molar-refractivity contribution >= 4 is 29.3 Å². The molecule has 0 unspecified atom stereocenters. The van der Waals surface area contributed by atoms with Gasteiger partial charge in [-0.15, -0.1) is 0 Å². The van der Waals surface area contributed by atoms with Gasteiger partial charge in [0.2, 0.25) is 6.79 Å². The van der Waals surface area contributed by atoms with Crippen LogP contribution in [0.2, 0.25) is 0 Å². The average molecular weight is 439 g/mol. The standard InChI is InChI=1S/C23H25N3O6/c1-15(21(27)24-18-7-8-19-20(13-18)31-14-30-19)32-22(28)16-9-11-26(12-10-16)23(29)25-17-5-3-2-4-6-17/h2-8,13,15-16H,9-12,14H2,1H3,(H,24,27)(H,25,29)/t15-/m0/s1. The fourth-order valence-corrected chi connectivity index (χ4v) is 3.58. The van der Waals surface area contributed by atoms with Gasteiger partial charge in [0.05, 0.1) is 5.92 Å². The zero-order chi connectivity index (χ0) is 22.5. The predicted octanol–water partition coefficient (Wildman–Crippen LogP) is 3.23. The Kier molecular flexibility index (Phi) is 6.44. The van der Waals surface area contributed by atoms with Crippen LogP contribution in [-0.4, -0.2) is 48.8 Å². The van der Waals surface area contributed by atoms with Gasteiger partial charge in [0.1, 0.15) is 0 Å². The molecule has 2 aromatic rings. The Bertz CT molecular complexity index is 988. The molecule has 3 amide bonds. The molecule has 0 radical (unpaired) electrons. The number of fused-ring (bicyclic) bond motifs is 1. The molecule has 2 aliphatic heterocycles. The van der Waals surface area contributed by atoms with E-state index in [4.69, 9.17) is 14.2 Å². The highest BCUT2D eigenvalue weighted by molar-refractivity contribution is 5.95. The number of hydrogen-bond acceptors (Lipinski definition) is 6. The van der Waals surface area contributed by atoms with Crippen molar-refractivity contribution in [3.8, 4) is 11.5 Å². The fraction of sp³-hybridized carbons (Fsp3) is 0.348. The van der Waals surface area contributed by atoms with Gasteiger partial charge in [-0.2, -0.15) is 0 Å². The van der Waals surface area contributed by atoms with Gasteiger partial charge in [-0.1, -0.05) is 18.2 Å². The molecule has 9 nitrogen and oxygen atoms in total. The van der Waals surface area contributed by atoms with E-state index in [1.54, 1.807) is 23.1 Å². The highest BCUT2D eigenvalue weighted by atomic mass is 16.7. The molecule has 0 saturated carbocycles. The smallest absolute Gasteiger partial charge is 0.321 e. The second kappa shape index (κ2) is 9.59. The number of urea groups is 1. The normalized spacial score (nSPS) is 16.2. The summed E-state index contributed by atoms with van der Waals surface area (Å²) in [6.45, 7) is 2.56. The van der Waals surface area contributed by atoms with Crippen molar-refractivity contribution in [3.05, 3.63) is 48.5 Å². The lowest BCUT2D eigenvalue weighted by molar-refractivity contribution is -0.158. The summed E-state index contributed by atoms with van der Waals surface area (Å²) >= 11 is 0. The SMILES string of the molecule is C[C@H](OC(=O)C1CCN(C(=O)Nc2ccccc2)CC1)C(=O)Nc1ccc2c(c1)OCO2. The average Bonchev–Trinajstić information content (AvgIpc) is 3.27. The van der Waals surface area contributed by atoms with E-state index in [1.165, 1.54) is 6.92 Å². The largest absolute Gasteiger partial charge is 0.454 e. The van der Waals surface area contributed by atoms with E-state index in [0.29, 0.717) is 43.1 Å². The molecule has 0 bridgehead atoms. The molecule has 168 valence electrons. The molecule has 1 saturated heterocycles. The van der Waals surface area contributed by atoms with E-state index in [-0.39, 0.29) is 18.7 Å². The molecule has 1 atom stereocenters. The Morgan fingerprint density at radius 2 is 1.69 bits per heavy atom. The molecule has 0 aromatic heterocycles. The van der Waals surface area contributed by atoms with Gasteiger partial charge in [-0.3, -0.25) is 9.59 Å². The number of rotatable bonds is 5. The van der Waals surface area contributed by atoms with Crippen LogP contribution >= 0.6 is 0 Å². The maximum Gasteiger partial charge on any atom is 0.321 e. The summed E-state index contributed by atoms with van der Waals surface area (Å²) in [6, 6.07) is 14.1. The minimum absolute atomic E-state index is 0.146. The van der Waals surface area contributed by atoms with Gasteiger partial charge in [0.25, 0.3) is 5.91 Å². The first-order valence-electron chi connectivity index (χ1n) is 10.5. The molecule has 0 aliphatic carbocycles. The highest BCUT2D eigenvalue weighted by Crippen LogP contribution is 2.34. The minimum atomic E-state index is -0.952. The van der Waals surface area contributed by atoms with Crippen molar-refractivity contribution in [2.75, 3.05) is 30.5 Å². The van der Waals surface area contributed by atoms with Crippen molar-refractivity contribution in [2.24, 2.45) is 5.92 Å². The summed E-state index contributed by atoms with van der Waals surface area (Å²) in [4.78, 5) is 39.0. The Balaban J connectivity index is 1.22. The summed E-state index contributed by atoms with van der Waals surface area (Å²) in [5.41, 5.74) is 1.25. The molecule has 2 heterocycles. The second-order valence-electron chi connectivity index (χ2n) is 7.69. The van der Waals surface area contributed by atoms with Gasteiger partial charge in [0.15, 0.2) is 17.6 Å². The summed E-state index contributed by atoms with van der Waals surface area (Å²) < 4.78 is 15.9. The van der Waals surface area contributed by atoms with E-state index < -0.39 is 18.0 Å². The number of amides is 3. The number of hydrogen-bond donors (Lipinski definition) is 2. The molecule has 2 N–H and O–H groups in total. The number of anilines is 2. The van der Waals surface area contributed by atoms with Crippen molar-refractivity contribution in [1.82, 2.24) is 4.90 Å². The molecular weight excluding hydrogens is 414 g/mol. The first-order chi connectivity index (χ1) is 15.5. The van der Waals surface area contributed by atoms with E-state index >= 15 is 0 Å². The van der Waals surface area contributed by atoms with Crippen LogP contribution in [-0.2, 0) is 14.3 Å². The van der Waals surface area contributed by atoms with Crippen LogP contribution in [0.15, 0.2) is 48.5 Å². The molecule has 4 rings (SSSR count). The summed E-state index contributed by atoms with van der Waals surface area (Å²) in [5, 5.41) is 5.55. The number of carbonyl (C=O) groups is 3. The quantitative estimate of drug-likeness (QED) is 0.693. The molecule has 2 aromatic carbocycles. The fourth-order valence-electron chi connectivity index (χ4n) is 3.58. The van der Waals surface area contributed by atoms with Gasteiger partial charge in [-0.05, 0) is 44.0 Å². The van der Waals surface area contributed by atoms with Crippen molar-refractivity contribution in [3.63, 3.8) is 0 Å². The maximum atomic E-state index is 12.5. The van der Waals surface area contributed by atoms with Crippen LogP contribution < -0.4 is 20.1 Å². The highest BCUT2D eigenvalue weighted by Gasteiger charge is 2.30. The number of piperidine rings is 1. The van der Waals surface area contributed by atoms with E-state index in [1.807, 2.05) is 30.3 Å². The van der Waals surface area contributed by atoms with Crippen molar-refractivity contribution in [2.45, 2.75) is 25.9 Å². The summed E-state index contributed by atoms with van der Waals surface area (Å²) in [7, 11) is 0. The number of benzene rings is 2. The summed E-state index contributed by atoms with van der Waals surface area (Å²) in [6.07, 6.45) is 0.0158. The van der Waals surface area contributed by atoms with E-state index in [9.17, 15) is 14.4 Å². The van der Waals surface area contributed by atoms with Crippen LogP contribution in [0.4, 0.5) is 16.2 Å². The lowest BCUT2D eigenvalue weighted by Gasteiger charge is -2.31. The molecule has 9 heteroatoms. The molecular formula is C23H25N3O6. The minimum Gasteiger partial charge on any atom is -0.454 e. The topological polar surface area (TPSA) is 106 Å². The van der Waals surface area contributed by atoms with Gasteiger partial charge < -0.3 is 29.7 Å². The Morgan fingerprint density at radius 1 is 0.969 bits per heavy atom. The Morgan fingerprint density at radius 3 is 2.44 bits per heavy atom. The van der Waals surface area contributed by atoms with Crippen LogP contribution in [0, 0.1) is 5.92 Å². The molecule has 2 aliphatic rings. The van der Waals surface area contributed by atoms with Crippen molar-refractivity contribution < 1.29 is 28.6 Å².